The maximum Gasteiger partial charge on any atom is 0.125 e. The molecule has 0 spiro atoms. The Balaban J connectivity index is 1.89. The molecule has 2 unspecified atom stereocenters. The number of nitrogens with zero attached hydrogens (tertiary/aromatic N) is 1. The zero-order valence-corrected chi connectivity index (χ0v) is 11.3. The van der Waals surface area contributed by atoms with Gasteiger partial charge in [-0.1, -0.05) is 13.3 Å². The SMILES string of the molecule is CCC1CCNC(c2nc3cc(F)ccc3s2)C1. The minimum atomic E-state index is -0.206. The van der Waals surface area contributed by atoms with E-state index in [2.05, 4.69) is 17.2 Å². The third kappa shape index (κ3) is 2.27. The van der Waals surface area contributed by atoms with Crippen LogP contribution in [0.2, 0.25) is 0 Å². The van der Waals surface area contributed by atoms with E-state index < -0.39 is 0 Å². The molecule has 1 fully saturated rings. The van der Waals surface area contributed by atoms with Gasteiger partial charge >= 0.3 is 0 Å². The van der Waals surface area contributed by atoms with E-state index in [-0.39, 0.29) is 5.82 Å². The molecule has 2 nitrogen and oxygen atoms in total. The van der Waals surface area contributed by atoms with Crippen molar-refractivity contribution in [2.24, 2.45) is 5.92 Å². The molecular formula is C14H17FN2S. The van der Waals surface area contributed by atoms with Gasteiger partial charge in [0.05, 0.1) is 16.3 Å². The molecule has 3 rings (SSSR count). The molecule has 0 aliphatic carbocycles. The summed E-state index contributed by atoms with van der Waals surface area (Å²) in [5.74, 6) is 0.586. The molecule has 1 saturated heterocycles. The monoisotopic (exact) mass is 264 g/mol. The lowest BCUT2D eigenvalue weighted by Crippen LogP contribution is -2.31. The standard InChI is InChI=1S/C14H17FN2S/c1-2-9-5-6-16-12(7-9)14-17-11-8-10(15)3-4-13(11)18-14/h3-4,8-9,12,16H,2,5-7H2,1H3. The molecule has 1 aliphatic heterocycles. The van der Waals surface area contributed by atoms with Crippen molar-refractivity contribution < 1.29 is 4.39 Å². The molecule has 2 heterocycles. The lowest BCUT2D eigenvalue weighted by atomic mass is 9.91. The van der Waals surface area contributed by atoms with Crippen LogP contribution in [0.5, 0.6) is 0 Å². The van der Waals surface area contributed by atoms with E-state index in [9.17, 15) is 4.39 Å². The number of aromatic nitrogens is 1. The van der Waals surface area contributed by atoms with E-state index >= 15 is 0 Å². The van der Waals surface area contributed by atoms with Gasteiger partial charge in [-0.25, -0.2) is 9.37 Å². The van der Waals surface area contributed by atoms with Gasteiger partial charge in [-0.2, -0.15) is 0 Å². The molecule has 18 heavy (non-hydrogen) atoms. The van der Waals surface area contributed by atoms with Crippen LogP contribution in [0.3, 0.4) is 0 Å². The van der Waals surface area contributed by atoms with E-state index in [1.807, 2.05) is 6.07 Å². The molecule has 1 N–H and O–H groups in total. The number of hydrogen-bond acceptors (Lipinski definition) is 3. The summed E-state index contributed by atoms with van der Waals surface area (Å²) in [6.07, 6.45) is 3.64. The zero-order chi connectivity index (χ0) is 12.5. The average Bonchev–Trinajstić information content (AvgIpc) is 2.81. The fraction of sp³-hybridized carbons (Fsp3) is 0.500. The van der Waals surface area contributed by atoms with Gasteiger partial charge in [0.1, 0.15) is 10.8 Å². The van der Waals surface area contributed by atoms with Gasteiger partial charge in [0.2, 0.25) is 0 Å². The van der Waals surface area contributed by atoms with E-state index in [1.165, 1.54) is 25.0 Å². The molecular weight excluding hydrogens is 247 g/mol. The highest BCUT2D eigenvalue weighted by atomic mass is 32.1. The van der Waals surface area contributed by atoms with Crippen LogP contribution in [-0.2, 0) is 0 Å². The van der Waals surface area contributed by atoms with Crippen molar-refractivity contribution in [1.82, 2.24) is 10.3 Å². The third-order valence-electron chi connectivity index (χ3n) is 3.75. The van der Waals surface area contributed by atoms with Crippen molar-refractivity contribution in [2.45, 2.75) is 32.2 Å². The minimum absolute atomic E-state index is 0.206. The smallest absolute Gasteiger partial charge is 0.125 e. The quantitative estimate of drug-likeness (QED) is 0.890. The van der Waals surface area contributed by atoms with Gasteiger partial charge in [0.25, 0.3) is 0 Å². The van der Waals surface area contributed by atoms with Crippen LogP contribution in [0.1, 0.15) is 37.2 Å². The molecule has 2 atom stereocenters. The topological polar surface area (TPSA) is 24.9 Å². The van der Waals surface area contributed by atoms with E-state index in [1.54, 1.807) is 11.3 Å². The highest BCUT2D eigenvalue weighted by Crippen LogP contribution is 2.33. The minimum Gasteiger partial charge on any atom is -0.308 e. The Labute approximate surface area is 110 Å². The Hall–Kier alpha value is -1.00. The van der Waals surface area contributed by atoms with Crippen LogP contribution in [-0.4, -0.2) is 11.5 Å². The Kier molecular flexibility index (Phi) is 3.31. The molecule has 0 radical (unpaired) electrons. The number of rotatable bonds is 2. The van der Waals surface area contributed by atoms with Crippen molar-refractivity contribution >= 4 is 21.6 Å². The number of fused-ring (bicyclic) bond motifs is 1. The van der Waals surface area contributed by atoms with Crippen molar-refractivity contribution in [3.63, 3.8) is 0 Å². The number of hydrogen-bond donors (Lipinski definition) is 1. The summed E-state index contributed by atoms with van der Waals surface area (Å²) in [5.41, 5.74) is 0.787. The van der Waals surface area contributed by atoms with Crippen LogP contribution in [0.25, 0.3) is 10.2 Å². The first-order valence-electron chi connectivity index (χ1n) is 6.55. The molecule has 2 aromatic rings. The normalized spacial score (nSPS) is 24.6. The lowest BCUT2D eigenvalue weighted by molar-refractivity contribution is 0.299. The van der Waals surface area contributed by atoms with Crippen LogP contribution in [0, 0.1) is 11.7 Å². The van der Waals surface area contributed by atoms with Gasteiger partial charge in [-0.15, -0.1) is 11.3 Å². The third-order valence-corrected chi connectivity index (χ3v) is 4.90. The molecule has 4 heteroatoms. The highest BCUT2D eigenvalue weighted by molar-refractivity contribution is 7.18. The fourth-order valence-electron chi connectivity index (χ4n) is 2.62. The second-order valence-corrected chi connectivity index (χ2v) is 6.03. The largest absolute Gasteiger partial charge is 0.308 e. The van der Waals surface area contributed by atoms with Crippen molar-refractivity contribution in [3.8, 4) is 0 Å². The summed E-state index contributed by atoms with van der Waals surface area (Å²) in [6, 6.07) is 5.21. The number of piperidine rings is 1. The average molecular weight is 264 g/mol. The molecule has 0 amide bonds. The van der Waals surface area contributed by atoms with Gasteiger partial charge in [0, 0.05) is 6.07 Å². The second kappa shape index (κ2) is 4.94. The highest BCUT2D eigenvalue weighted by Gasteiger charge is 2.24. The van der Waals surface area contributed by atoms with Gasteiger partial charge < -0.3 is 5.32 Å². The lowest BCUT2D eigenvalue weighted by Gasteiger charge is -2.28. The summed E-state index contributed by atoms with van der Waals surface area (Å²) < 4.78 is 14.2. The maximum absolute atomic E-state index is 13.2. The molecule has 1 aromatic carbocycles. The molecule has 1 aromatic heterocycles. The predicted octanol–water partition coefficient (Wildman–Crippen LogP) is 3.89. The van der Waals surface area contributed by atoms with E-state index in [4.69, 9.17) is 0 Å². The summed E-state index contributed by atoms with van der Waals surface area (Å²) in [6.45, 7) is 3.31. The number of nitrogens with one attached hydrogen (secondary N) is 1. The summed E-state index contributed by atoms with van der Waals surface area (Å²) in [4.78, 5) is 4.58. The van der Waals surface area contributed by atoms with Crippen LogP contribution < -0.4 is 5.32 Å². The number of thiazole rings is 1. The van der Waals surface area contributed by atoms with Crippen molar-refractivity contribution in [3.05, 3.63) is 29.0 Å². The first-order valence-corrected chi connectivity index (χ1v) is 7.37. The van der Waals surface area contributed by atoms with Gasteiger partial charge in [-0.05, 0) is 37.4 Å². The summed E-state index contributed by atoms with van der Waals surface area (Å²) >= 11 is 1.68. The fourth-order valence-corrected chi connectivity index (χ4v) is 3.66. The molecule has 96 valence electrons. The second-order valence-electron chi connectivity index (χ2n) is 4.97. The Morgan fingerprint density at radius 2 is 2.39 bits per heavy atom. The summed E-state index contributed by atoms with van der Waals surface area (Å²) in [5, 5.41) is 4.63. The van der Waals surface area contributed by atoms with Crippen LogP contribution >= 0.6 is 11.3 Å². The van der Waals surface area contributed by atoms with Crippen molar-refractivity contribution in [2.75, 3.05) is 6.54 Å². The molecule has 0 saturated carbocycles. The number of benzene rings is 1. The first kappa shape index (κ1) is 12.1. The maximum atomic E-state index is 13.2. The van der Waals surface area contributed by atoms with Gasteiger partial charge in [-0.3, -0.25) is 0 Å². The zero-order valence-electron chi connectivity index (χ0n) is 10.4. The van der Waals surface area contributed by atoms with Gasteiger partial charge in [0.15, 0.2) is 0 Å². The Bertz CT molecular complexity index is 552. The molecule has 0 bridgehead atoms. The van der Waals surface area contributed by atoms with Crippen LogP contribution in [0.15, 0.2) is 18.2 Å². The van der Waals surface area contributed by atoms with E-state index in [0.717, 1.165) is 34.1 Å². The van der Waals surface area contributed by atoms with E-state index in [0.29, 0.717) is 6.04 Å². The summed E-state index contributed by atoms with van der Waals surface area (Å²) in [7, 11) is 0. The van der Waals surface area contributed by atoms with Crippen LogP contribution in [0.4, 0.5) is 4.39 Å². The Morgan fingerprint density at radius 3 is 3.22 bits per heavy atom. The van der Waals surface area contributed by atoms with Crippen molar-refractivity contribution in [1.29, 1.82) is 0 Å². The Morgan fingerprint density at radius 1 is 1.50 bits per heavy atom. The predicted molar refractivity (Wildman–Crippen MR) is 73.3 cm³/mol. The molecule has 1 aliphatic rings. The number of halogens is 1. The first-order chi connectivity index (χ1) is 8.76.